The molecule has 0 aliphatic heterocycles. The van der Waals surface area contributed by atoms with Gasteiger partial charge in [-0.2, -0.15) is 0 Å². The van der Waals surface area contributed by atoms with Gasteiger partial charge in [0.05, 0.1) is 4.90 Å². The summed E-state index contributed by atoms with van der Waals surface area (Å²) < 4.78 is 27.4. The highest BCUT2D eigenvalue weighted by atomic mass is 32.2. The summed E-state index contributed by atoms with van der Waals surface area (Å²) in [5, 5.41) is 0. The van der Waals surface area contributed by atoms with E-state index in [9.17, 15) is 8.42 Å². The quantitative estimate of drug-likeness (QED) is 0.940. The molecule has 0 aliphatic carbocycles. The largest absolute Gasteiger partial charge is 0.241 e. The lowest BCUT2D eigenvalue weighted by Crippen LogP contribution is -2.24. The Morgan fingerprint density at radius 2 is 1.50 bits per heavy atom. The topological polar surface area (TPSA) is 46.2 Å². The van der Waals surface area contributed by atoms with E-state index in [0.29, 0.717) is 11.4 Å². The third kappa shape index (κ3) is 3.26. The van der Waals surface area contributed by atoms with Gasteiger partial charge in [-0.1, -0.05) is 36.4 Å². The standard InChI is InChI=1S/C16H19NO2S/c1-12-9-14(3)16(10-13(12)2)20(18,19)17-11-15-7-5-4-6-8-15/h4-10,17H,11H2,1-3H3. The molecule has 0 bridgehead atoms. The zero-order chi connectivity index (χ0) is 14.8. The zero-order valence-corrected chi connectivity index (χ0v) is 12.8. The van der Waals surface area contributed by atoms with Crippen LogP contribution in [0.2, 0.25) is 0 Å². The SMILES string of the molecule is Cc1cc(C)c(S(=O)(=O)NCc2ccccc2)cc1C. The minimum atomic E-state index is -3.48. The number of rotatable bonds is 4. The van der Waals surface area contributed by atoms with E-state index in [4.69, 9.17) is 0 Å². The molecule has 0 aromatic heterocycles. The highest BCUT2D eigenvalue weighted by Crippen LogP contribution is 2.20. The van der Waals surface area contributed by atoms with Crippen molar-refractivity contribution < 1.29 is 8.42 Å². The van der Waals surface area contributed by atoms with Crippen molar-refractivity contribution in [1.82, 2.24) is 4.72 Å². The molecule has 106 valence electrons. The average molecular weight is 289 g/mol. The van der Waals surface area contributed by atoms with Gasteiger partial charge in [0.25, 0.3) is 0 Å². The molecule has 2 aromatic rings. The highest BCUT2D eigenvalue weighted by Gasteiger charge is 2.17. The molecule has 0 unspecified atom stereocenters. The van der Waals surface area contributed by atoms with Crippen LogP contribution in [0.3, 0.4) is 0 Å². The molecule has 4 heteroatoms. The number of hydrogen-bond donors (Lipinski definition) is 1. The van der Waals surface area contributed by atoms with Crippen LogP contribution in [-0.2, 0) is 16.6 Å². The molecule has 0 saturated carbocycles. The minimum absolute atomic E-state index is 0.301. The Kier molecular flexibility index (Phi) is 4.26. The first-order chi connectivity index (χ1) is 9.40. The molecule has 0 amide bonds. The van der Waals surface area contributed by atoms with Crippen LogP contribution in [-0.4, -0.2) is 8.42 Å². The van der Waals surface area contributed by atoms with Crippen molar-refractivity contribution in [2.45, 2.75) is 32.2 Å². The van der Waals surface area contributed by atoms with Crippen molar-refractivity contribution in [3.63, 3.8) is 0 Å². The normalized spacial score (nSPS) is 11.6. The van der Waals surface area contributed by atoms with Crippen LogP contribution in [0.15, 0.2) is 47.4 Å². The van der Waals surface area contributed by atoms with E-state index in [1.165, 1.54) is 0 Å². The summed E-state index contributed by atoms with van der Waals surface area (Å²) >= 11 is 0. The van der Waals surface area contributed by atoms with E-state index in [1.807, 2.05) is 57.2 Å². The van der Waals surface area contributed by atoms with E-state index < -0.39 is 10.0 Å². The molecule has 20 heavy (non-hydrogen) atoms. The van der Waals surface area contributed by atoms with Crippen LogP contribution < -0.4 is 4.72 Å². The molecule has 0 heterocycles. The molecular formula is C16H19NO2S. The van der Waals surface area contributed by atoms with Gasteiger partial charge < -0.3 is 0 Å². The number of sulfonamides is 1. The van der Waals surface area contributed by atoms with Crippen molar-refractivity contribution in [3.05, 3.63) is 64.7 Å². The molecule has 0 fully saturated rings. The summed E-state index contributed by atoms with van der Waals surface area (Å²) in [7, 11) is -3.48. The fourth-order valence-corrected chi connectivity index (χ4v) is 3.40. The van der Waals surface area contributed by atoms with Crippen molar-refractivity contribution >= 4 is 10.0 Å². The predicted octanol–water partition coefficient (Wildman–Crippen LogP) is 3.09. The van der Waals surface area contributed by atoms with Crippen molar-refractivity contribution in [1.29, 1.82) is 0 Å². The second kappa shape index (κ2) is 5.77. The van der Waals surface area contributed by atoms with E-state index in [0.717, 1.165) is 22.3 Å². The van der Waals surface area contributed by atoms with Gasteiger partial charge in [0, 0.05) is 6.54 Å². The molecule has 0 spiro atoms. The summed E-state index contributed by atoms with van der Waals surface area (Å²) in [6, 6.07) is 13.1. The van der Waals surface area contributed by atoms with Gasteiger partial charge in [-0.15, -0.1) is 0 Å². The van der Waals surface area contributed by atoms with Crippen molar-refractivity contribution in [3.8, 4) is 0 Å². The van der Waals surface area contributed by atoms with Gasteiger partial charge in [-0.25, -0.2) is 13.1 Å². The fraction of sp³-hybridized carbons (Fsp3) is 0.250. The van der Waals surface area contributed by atoms with Crippen LogP contribution in [0.4, 0.5) is 0 Å². The Balaban J connectivity index is 2.25. The molecule has 2 rings (SSSR count). The summed E-state index contributed by atoms with van der Waals surface area (Å²) in [6.45, 7) is 6.03. The average Bonchev–Trinajstić information content (AvgIpc) is 2.42. The van der Waals surface area contributed by atoms with E-state index in [1.54, 1.807) is 6.07 Å². The lowest BCUT2D eigenvalue weighted by Gasteiger charge is -2.12. The molecule has 0 atom stereocenters. The van der Waals surface area contributed by atoms with Crippen molar-refractivity contribution in [2.75, 3.05) is 0 Å². The van der Waals surface area contributed by atoms with E-state index in [-0.39, 0.29) is 0 Å². The number of aryl methyl sites for hydroxylation is 3. The molecule has 2 aromatic carbocycles. The van der Waals surface area contributed by atoms with Crippen LogP contribution in [0.5, 0.6) is 0 Å². The van der Waals surface area contributed by atoms with Gasteiger partial charge >= 0.3 is 0 Å². The lowest BCUT2D eigenvalue weighted by molar-refractivity contribution is 0.580. The zero-order valence-electron chi connectivity index (χ0n) is 12.0. The Hall–Kier alpha value is -1.65. The van der Waals surface area contributed by atoms with Gasteiger partial charge in [0.15, 0.2) is 0 Å². The molecule has 1 N–H and O–H groups in total. The van der Waals surface area contributed by atoms with Crippen LogP contribution in [0.25, 0.3) is 0 Å². The van der Waals surface area contributed by atoms with E-state index >= 15 is 0 Å². The monoisotopic (exact) mass is 289 g/mol. The first-order valence-electron chi connectivity index (χ1n) is 6.51. The molecule has 0 aliphatic rings. The van der Waals surface area contributed by atoms with Crippen LogP contribution in [0.1, 0.15) is 22.3 Å². The summed E-state index contributed by atoms with van der Waals surface area (Å²) in [4.78, 5) is 0.358. The second-order valence-electron chi connectivity index (χ2n) is 5.01. The third-order valence-electron chi connectivity index (χ3n) is 3.39. The number of benzene rings is 2. The van der Waals surface area contributed by atoms with Gasteiger partial charge in [-0.05, 0) is 49.1 Å². The van der Waals surface area contributed by atoms with Crippen molar-refractivity contribution in [2.24, 2.45) is 0 Å². The Labute approximate surface area is 120 Å². The van der Waals surface area contributed by atoms with E-state index in [2.05, 4.69) is 4.72 Å². The lowest BCUT2D eigenvalue weighted by atomic mass is 10.1. The Morgan fingerprint density at radius 3 is 2.15 bits per heavy atom. The molecular weight excluding hydrogens is 270 g/mol. The third-order valence-corrected chi connectivity index (χ3v) is 4.93. The molecule has 0 saturated heterocycles. The summed E-state index contributed by atoms with van der Waals surface area (Å²) in [6.07, 6.45) is 0. The van der Waals surface area contributed by atoms with Gasteiger partial charge in [-0.3, -0.25) is 0 Å². The maximum Gasteiger partial charge on any atom is 0.241 e. The summed E-state index contributed by atoms with van der Waals surface area (Å²) in [5.74, 6) is 0. The van der Waals surface area contributed by atoms with Gasteiger partial charge in [0.1, 0.15) is 0 Å². The molecule has 0 radical (unpaired) electrons. The number of nitrogens with one attached hydrogen (secondary N) is 1. The number of hydrogen-bond acceptors (Lipinski definition) is 2. The Bertz CT molecular complexity index is 707. The smallest absolute Gasteiger partial charge is 0.207 e. The van der Waals surface area contributed by atoms with Crippen LogP contribution >= 0.6 is 0 Å². The first kappa shape index (κ1) is 14.8. The van der Waals surface area contributed by atoms with Gasteiger partial charge in [0.2, 0.25) is 10.0 Å². The highest BCUT2D eigenvalue weighted by molar-refractivity contribution is 7.89. The maximum absolute atomic E-state index is 12.4. The first-order valence-corrected chi connectivity index (χ1v) is 8.00. The predicted molar refractivity (Wildman–Crippen MR) is 81.1 cm³/mol. The second-order valence-corrected chi connectivity index (χ2v) is 6.75. The van der Waals surface area contributed by atoms with Crippen LogP contribution in [0, 0.1) is 20.8 Å². The molecule has 3 nitrogen and oxygen atoms in total. The Morgan fingerprint density at radius 1 is 0.900 bits per heavy atom. The maximum atomic E-state index is 12.4. The fourth-order valence-electron chi connectivity index (χ4n) is 2.08. The summed E-state index contributed by atoms with van der Waals surface area (Å²) in [5.41, 5.74) is 3.80. The minimum Gasteiger partial charge on any atom is -0.207 e.